The maximum absolute atomic E-state index is 12.8. The van der Waals surface area contributed by atoms with Crippen molar-refractivity contribution in [2.75, 3.05) is 71.6 Å². The summed E-state index contributed by atoms with van der Waals surface area (Å²) in [5.74, 6) is 1.25. The van der Waals surface area contributed by atoms with Gasteiger partial charge in [0.2, 0.25) is 16.0 Å². The molecule has 1 aromatic heterocycles. The predicted octanol–water partition coefficient (Wildman–Crippen LogP) is 4.69. The maximum atomic E-state index is 12.8. The van der Waals surface area contributed by atoms with E-state index in [0.29, 0.717) is 23.7 Å². The molecule has 3 rings (SSSR count). The van der Waals surface area contributed by atoms with Crippen LogP contribution in [-0.4, -0.2) is 93.5 Å². The lowest BCUT2D eigenvalue weighted by Crippen LogP contribution is -2.31. The van der Waals surface area contributed by atoms with Crippen molar-refractivity contribution in [2.24, 2.45) is 0 Å². The van der Waals surface area contributed by atoms with Gasteiger partial charge < -0.3 is 25.2 Å². The topological polar surface area (TPSA) is 103 Å². The summed E-state index contributed by atoms with van der Waals surface area (Å²) in [4.78, 5) is 13.6. The van der Waals surface area contributed by atoms with E-state index in [9.17, 15) is 8.42 Å². The summed E-state index contributed by atoms with van der Waals surface area (Å²) in [6.45, 7) is 8.64. The molecule has 0 spiro atoms. The molecule has 0 saturated carbocycles. The Labute approximate surface area is 243 Å². The summed E-state index contributed by atoms with van der Waals surface area (Å²) < 4.78 is 32.7. The van der Waals surface area contributed by atoms with Gasteiger partial charge in [0.25, 0.3) is 0 Å². The highest BCUT2D eigenvalue weighted by Gasteiger charge is 2.22. The molecule has 0 aliphatic heterocycles. The number of likely N-dealkylation sites (N-methyl/N-ethyl adjacent to an activating group) is 2. The Morgan fingerprint density at radius 3 is 2.35 bits per heavy atom. The molecule has 40 heavy (non-hydrogen) atoms. The highest BCUT2D eigenvalue weighted by Crippen LogP contribution is 2.32. The molecule has 3 aromatic rings. The molecule has 0 bridgehead atoms. The van der Waals surface area contributed by atoms with Crippen molar-refractivity contribution in [1.82, 2.24) is 24.1 Å². The van der Waals surface area contributed by atoms with Crippen LogP contribution >= 0.6 is 11.6 Å². The van der Waals surface area contributed by atoms with E-state index in [0.717, 1.165) is 36.9 Å². The van der Waals surface area contributed by atoms with Crippen molar-refractivity contribution < 1.29 is 13.2 Å². The van der Waals surface area contributed by atoms with Gasteiger partial charge in [-0.1, -0.05) is 36.7 Å². The SMILES string of the molecule is CCOc1cc(CCN(C)CCN(C)CC)ccc1Nc1ncc(Cl)c(Nc2ccccc2S(=O)(=O)N(C)C)n1. The molecule has 218 valence electrons. The van der Waals surface area contributed by atoms with Crippen LogP contribution in [0.4, 0.5) is 23.1 Å². The largest absolute Gasteiger partial charge is 0.492 e. The number of nitrogens with one attached hydrogen (secondary N) is 2. The number of hydrogen-bond acceptors (Lipinski definition) is 9. The van der Waals surface area contributed by atoms with Gasteiger partial charge in [0.15, 0.2) is 5.82 Å². The zero-order valence-corrected chi connectivity index (χ0v) is 25.7. The van der Waals surface area contributed by atoms with Gasteiger partial charge in [0.05, 0.1) is 24.2 Å². The summed E-state index contributed by atoms with van der Waals surface area (Å²) in [5.41, 5.74) is 2.24. The van der Waals surface area contributed by atoms with Gasteiger partial charge in [-0.15, -0.1) is 0 Å². The standard InChI is InChI=1S/C28H40ClN7O3S/c1-7-35(5)17-18-36(6)16-15-21-13-14-23(25(19-21)39-8-2)32-28-30-20-22(29)27(33-28)31-24-11-9-10-12-26(24)40(37,38)34(3)4/h9-14,19-20H,7-8,15-18H2,1-6H3,(H2,30,31,32,33). The van der Waals surface area contributed by atoms with Crippen LogP contribution in [0.5, 0.6) is 5.75 Å². The van der Waals surface area contributed by atoms with Crippen LogP contribution in [0.2, 0.25) is 5.02 Å². The fourth-order valence-electron chi connectivity index (χ4n) is 3.79. The van der Waals surface area contributed by atoms with Crippen LogP contribution < -0.4 is 15.4 Å². The van der Waals surface area contributed by atoms with E-state index < -0.39 is 10.0 Å². The second-order valence-corrected chi connectivity index (χ2v) is 12.2. The van der Waals surface area contributed by atoms with Crippen LogP contribution in [0.1, 0.15) is 19.4 Å². The maximum Gasteiger partial charge on any atom is 0.244 e. The van der Waals surface area contributed by atoms with Gasteiger partial charge in [-0.05, 0) is 63.8 Å². The molecule has 12 heteroatoms. The number of benzene rings is 2. The second-order valence-electron chi connectivity index (χ2n) is 9.64. The third-order valence-corrected chi connectivity index (χ3v) is 8.57. The fraction of sp³-hybridized carbons (Fsp3) is 0.429. The first-order valence-electron chi connectivity index (χ1n) is 13.3. The number of nitrogens with zero attached hydrogens (tertiary/aromatic N) is 5. The lowest BCUT2D eigenvalue weighted by atomic mass is 10.1. The number of sulfonamides is 1. The first kappa shape index (κ1) is 31.6. The normalized spacial score (nSPS) is 11.8. The second kappa shape index (κ2) is 14.6. The van der Waals surface area contributed by atoms with Crippen molar-refractivity contribution in [3.63, 3.8) is 0 Å². The fourth-order valence-corrected chi connectivity index (χ4v) is 4.97. The molecule has 2 aromatic carbocycles. The number of halogens is 1. The molecule has 0 unspecified atom stereocenters. The van der Waals surface area contributed by atoms with Crippen LogP contribution in [0.3, 0.4) is 0 Å². The summed E-state index contributed by atoms with van der Waals surface area (Å²) in [5, 5.41) is 6.52. The van der Waals surface area contributed by atoms with Crippen LogP contribution in [0.25, 0.3) is 0 Å². The third-order valence-electron chi connectivity index (χ3n) is 6.42. The summed E-state index contributed by atoms with van der Waals surface area (Å²) in [6.07, 6.45) is 2.36. The minimum absolute atomic E-state index is 0.112. The van der Waals surface area contributed by atoms with E-state index in [2.05, 4.69) is 57.5 Å². The summed E-state index contributed by atoms with van der Waals surface area (Å²) in [6, 6.07) is 12.6. The van der Waals surface area contributed by atoms with Crippen molar-refractivity contribution in [2.45, 2.75) is 25.2 Å². The van der Waals surface area contributed by atoms with Crippen LogP contribution in [0.15, 0.2) is 53.6 Å². The first-order chi connectivity index (χ1) is 19.0. The zero-order valence-electron chi connectivity index (χ0n) is 24.1. The molecular weight excluding hydrogens is 550 g/mol. The summed E-state index contributed by atoms with van der Waals surface area (Å²) >= 11 is 6.38. The van der Waals surface area contributed by atoms with Crippen molar-refractivity contribution in [1.29, 1.82) is 0 Å². The Balaban J connectivity index is 1.78. The quantitative estimate of drug-likeness (QED) is 0.261. The lowest BCUT2D eigenvalue weighted by Gasteiger charge is -2.21. The smallest absolute Gasteiger partial charge is 0.244 e. The number of anilines is 4. The van der Waals surface area contributed by atoms with Gasteiger partial charge in [-0.2, -0.15) is 4.98 Å². The van der Waals surface area contributed by atoms with E-state index in [1.54, 1.807) is 18.2 Å². The lowest BCUT2D eigenvalue weighted by molar-refractivity contribution is 0.265. The molecule has 1 heterocycles. The Morgan fingerprint density at radius 2 is 1.65 bits per heavy atom. The minimum atomic E-state index is -3.69. The van der Waals surface area contributed by atoms with Gasteiger partial charge in [0.1, 0.15) is 15.7 Å². The molecule has 0 aliphatic carbocycles. The van der Waals surface area contributed by atoms with Crippen molar-refractivity contribution >= 4 is 44.8 Å². The molecule has 0 amide bonds. The van der Waals surface area contributed by atoms with Crippen LogP contribution in [-0.2, 0) is 16.4 Å². The van der Waals surface area contributed by atoms with Crippen molar-refractivity contribution in [3.8, 4) is 5.75 Å². The zero-order chi connectivity index (χ0) is 29.3. The van der Waals surface area contributed by atoms with E-state index >= 15 is 0 Å². The number of aromatic nitrogens is 2. The average Bonchev–Trinajstić information content (AvgIpc) is 2.93. The molecule has 0 atom stereocenters. The number of hydrogen-bond donors (Lipinski definition) is 2. The van der Waals surface area contributed by atoms with Crippen molar-refractivity contribution in [3.05, 3.63) is 59.2 Å². The predicted molar refractivity (Wildman–Crippen MR) is 163 cm³/mol. The van der Waals surface area contributed by atoms with E-state index in [1.165, 1.54) is 31.9 Å². The number of rotatable bonds is 15. The Kier molecular flexibility index (Phi) is 11.5. The molecule has 0 saturated heterocycles. The van der Waals surface area contributed by atoms with E-state index in [-0.39, 0.29) is 21.7 Å². The van der Waals surface area contributed by atoms with Gasteiger partial charge in [-0.3, -0.25) is 0 Å². The molecule has 2 N–H and O–H groups in total. The van der Waals surface area contributed by atoms with Gasteiger partial charge in [0, 0.05) is 33.7 Å². The third kappa shape index (κ3) is 8.52. The molecule has 0 fully saturated rings. The Bertz CT molecular complexity index is 1370. The van der Waals surface area contributed by atoms with Gasteiger partial charge in [-0.25, -0.2) is 17.7 Å². The highest BCUT2D eigenvalue weighted by atomic mass is 35.5. The minimum Gasteiger partial charge on any atom is -0.492 e. The number of para-hydroxylation sites is 1. The Morgan fingerprint density at radius 1 is 0.925 bits per heavy atom. The molecule has 0 radical (unpaired) electrons. The summed E-state index contributed by atoms with van der Waals surface area (Å²) in [7, 11) is 3.55. The Hall–Kier alpha value is -2.96. The van der Waals surface area contributed by atoms with Crippen LogP contribution in [0, 0.1) is 0 Å². The number of ether oxygens (including phenoxy) is 1. The highest BCUT2D eigenvalue weighted by molar-refractivity contribution is 7.89. The molecule has 10 nitrogen and oxygen atoms in total. The van der Waals surface area contributed by atoms with E-state index in [1.807, 2.05) is 19.1 Å². The molecule has 0 aliphatic rings. The monoisotopic (exact) mass is 589 g/mol. The van der Waals surface area contributed by atoms with E-state index in [4.69, 9.17) is 16.3 Å². The molecular formula is C28H40ClN7O3S. The average molecular weight is 590 g/mol. The van der Waals surface area contributed by atoms with Gasteiger partial charge >= 0.3 is 0 Å². The first-order valence-corrected chi connectivity index (χ1v) is 15.1.